The normalized spacial score (nSPS) is 25.4. The second kappa shape index (κ2) is 9.86. The van der Waals surface area contributed by atoms with Gasteiger partial charge in [0, 0.05) is 35.1 Å². The van der Waals surface area contributed by atoms with Crippen LogP contribution in [0.1, 0.15) is 39.2 Å². The number of hydrogen-bond donors (Lipinski definition) is 0. The number of nitrogens with zero attached hydrogens (tertiary/aromatic N) is 3. The molecule has 1 amide bonds. The molecular formula is C28H35N3O3S2. The molecule has 3 aliphatic rings. The number of fused-ring (bicyclic) bond motifs is 1. The van der Waals surface area contributed by atoms with E-state index >= 15 is 0 Å². The van der Waals surface area contributed by atoms with Crippen molar-refractivity contribution in [2.75, 3.05) is 34.4 Å². The third kappa shape index (κ3) is 5.49. The van der Waals surface area contributed by atoms with Crippen LogP contribution in [0.25, 0.3) is 0 Å². The molecule has 0 aromatic heterocycles. The van der Waals surface area contributed by atoms with Gasteiger partial charge in [0.05, 0.1) is 17.5 Å². The molecule has 2 aromatic rings. The fourth-order valence-electron chi connectivity index (χ4n) is 5.29. The molecule has 2 aromatic carbocycles. The van der Waals surface area contributed by atoms with Gasteiger partial charge < -0.3 is 9.80 Å². The van der Waals surface area contributed by atoms with E-state index in [0.717, 1.165) is 25.2 Å². The number of piperidine rings is 1. The second-order valence-electron chi connectivity index (χ2n) is 11.3. The molecule has 192 valence electrons. The van der Waals surface area contributed by atoms with E-state index in [-0.39, 0.29) is 28.7 Å². The lowest BCUT2D eigenvalue weighted by Crippen LogP contribution is -2.38. The van der Waals surface area contributed by atoms with E-state index in [9.17, 15) is 13.2 Å². The van der Waals surface area contributed by atoms with Crippen molar-refractivity contribution in [3.05, 3.63) is 60.2 Å². The molecule has 0 radical (unpaired) electrons. The summed E-state index contributed by atoms with van der Waals surface area (Å²) in [6, 6.07) is 18.9. The molecule has 3 heterocycles. The van der Waals surface area contributed by atoms with E-state index in [1.807, 2.05) is 25.7 Å². The number of aliphatic imine (C=N–C) groups is 1. The van der Waals surface area contributed by atoms with Gasteiger partial charge in [0.25, 0.3) is 5.91 Å². The summed E-state index contributed by atoms with van der Waals surface area (Å²) in [6.07, 6.45) is 3.49. The minimum atomic E-state index is -3.09. The fourth-order valence-corrected chi connectivity index (χ4v) is 9.20. The molecule has 0 saturated carbocycles. The number of amidine groups is 1. The highest BCUT2D eigenvalue weighted by Crippen LogP contribution is 2.42. The average molecular weight is 526 g/mol. The van der Waals surface area contributed by atoms with Crippen molar-refractivity contribution in [3.63, 3.8) is 0 Å². The van der Waals surface area contributed by atoms with Gasteiger partial charge in [-0.2, -0.15) is 4.99 Å². The molecule has 2 atom stereocenters. The standard InChI is InChI=1S/C28H35N3O3S2/c1-28(2,3)26(32)29-27-31(24-18-36(33,34)19-25(24)35-27)23-11-9-22(10-12-23)30-15-13-21(14-16-30)17-20-7-5-4-6-8-20/h4-12,21,24-25H,13-19H2,1-3H3/t24-,25-/m0/s1. The maximum atomic E-state index is 12.7. The molecule has 0 bridgehead atoms. The zero-order valence-electron chi connectivity index (χ0n) is 21.3. The van der Waals surface area contributed by atoms with Crippen LogP contribution in [0, 0.1) is 11.3 Å². The van der Waals surface area contributed by atoms with E-state index in [2.05, 4.69) is 64.5 Å². The van der Waals surface area contributed by atoms with Crippen LogP contribution in [0.2, 0.25) is 0 Å². The van der Waals surface area contributed by atoms with Crippen LogP contribution >= 0.6 is 11.8 Å². The fraction of sp³-hybridized carbons (Fsp3) is 0.500. The quantitative estimate of drug-likeness (QED) is 0.572. The molecule has 0 aliphatic carbocycles. The lowest BCUT2D eigenvalue weighted by molar-refractivity contribution is -0.124. The molecule has 0 unspecified atom stereocenters. The number of benzene rings is 2. The lowest BCUT2D eigenvalue weighted by atomic mass is 9.90. The van der Waals surface area contributed by atoms with Crippen molar-refractivity contribution in [3.8, 4) is 0 Å². The number of amides is 1. The van der Waals surface area contributed by atoms with Crippen molar-refractivity contribution in [2.24, 2.45) is 16.3 Å². The van der Waals surface area contributed by atoms with Gasteiger partial charge in [0.15, 0.2) is 15.0 Å². The zero-order chi connectivity index (χ0) is 25.5. The molecule has 36 heavy (non-hydrogen) atoms. The van der Waals surface area contributed by atoms with Crippen LogP contribution in [-0.2, 0) is 21.1 Å². The monoisotopic (exact) mass is 525 g/mol. The number of carbonyl (C=O) groups excluding carboxylic acids is 1. The van der Waals surface area contributed by atoms with Gasteiger partial charge in [-0.25, -0.2) is 8.42 Å². The smallest absolute Gasteiger partial charge is 0.253 e. The number of sulfone groups is 1. The first kappa shape index (κ1) is 25.3. The molecular weight excluding hydrogens is 490 g/mol. The van der Waals surface area contributed by atoms with Crippen molar-refractivity contribution in [1.29, 1.82) is 0 Å². The van der Waals surface area contributed by atoms with Gasteiger partial charge in [0.2, 0.25) is 0 Å². The first-order valence-electron chi connectivity index (χ1n) is 12.8. The Hall–Kier alpha value is -2.32. The number of rotatable bonds is 4. The summed E-state index contributed by atoms with van der Waals surface area (Å²) < 4.78 is 24.7. The Kier molecular flexibility index (Phi) is 6.94. The Morgan fingerprint density at radius 2 is 1.61 bits per heavy atom. The minimum absolute atomic E-state index is 0.0927. The minimum Gasteiger partial charge on any atom is -0.372 e. The molecule has 3 saturated heterocycles. The molecule has 0 spiro atoms. The Labute approximate surface area is 219 Å². The van der Waals surface area contributed by atoms with Gasteiger partial charge in [-0.15, -0.1) is 0 Å². The summed E-state index contributed by atoms with van der Waals surface area (Å²) in [5.74, 6) is 0.763. The highest BCUT2D eigenvalue weighted by Gasteiger charge is 2.49. The van der Waals surface area contributed by atoms with Gasteiger partial charge in [0.1, 0.15) is 0 Å². The summed E-state index contributed by atoms with van der Waals surface area (Å²) in [5, 5.41) is 0.527. The predicted molar refractivity (Wildman–Crippen MR) is 150 cm³/mol. The Morgan fingerprint density at radius 3 is 2.25 bits per heavy atom. The zero-order valence-corrected chi connectivity index (χ0v) is 22.9. The summed E-state index contributed by atoms with van der Waals surface area (Å²) in [4.78, 5) is 21.6. The maximum Gasteiger partial charge on any atom is 0.253 e. The van der Waals surface area contributed by atoms with Crippen LogP contribution in [0.4, 0.5) is 11.4 Å². The van der Waals surface area contributed by atoms with Crippen LogP contribution in [0.3, 0.4) is 0 Å². The molecule has 3 fully saturated rings. The van der Waals surface area contributed by atoms with E-state index < -0.39 is 15.3 Å². The second-order valence-corrected chi connectivity index (χ2v) is 14.6. The topological polar surface area (TPSA) is 70.0 Å². The van der Waals surface area contributed by atoms with Gasteiger partial charge in [-0.05, 0) is 55.0 Å². The molecule has 5 rings (SSSR count). The largest absolute Gasteiger partial charge is 0.372 e. The predicted octanol–water partition coefficient (Wildman–Crippen LogP) is 4.79. The number of thioether (sulfide) groups is 1. The Balaban J connectivity index is 1.30. The summed E-state index contributed by atoms with van der Waals surface area (Å²) in [6.45, 7) is 7.63. The Morgan fingerprint density at radius 1 is 0.972 bits per heavy atom. The molecule has 6 nitrogen and oxygen atoms in total. The third-order valence-corrected chi connectivity index (χ3v) is 10.6. The van der Waals surface area contributed by atoms with E-state index in [4.69, 9.17) is 0 Å². The van der Waals surface area contributed by atoms with Crippen LogP contribution in [0.15, 0.2) is 59.6 Å². The molecule has 0 N–H and O–H groups in total. The SMILES string of the molecule is CC(C)(C)C(=O)N=C1S[C@H]2CS(=O)(=O)C[C@@H]2N1c1ccc(N2CCC(Cc3ccccc3)CC2)cc1. The van der Waals surface area contributed by atoms with Crippen molar-refractivity contribution < 1.29 is 13.2 Å². The highest BCUT2D eigenvalue weighted by atomic mass is 32.2. The third-order valence-electron chi connectivity index (χ3n) is 7.38. The van der Waals surface area contributed by atoms with E-state index in [1.54, 1.807) is 0 Å². The van der Waals surface area contributed by atoms with Gasteiger partial charge in [-0.1, -0.05) is 62.9 Å². The first-order chi connectivity index (χ1) is 17.1. The van der Waals surface area contributed by atoms with Crippen molar-refractivity contribution in [1.82, 2.24) is 0 Å². The highest BCUT2D eigenvalue weighted by molar-refractivity contribution is 8.16. The van der Waals surface area contributed by atoms with Crippen LogP contribution < -0.4 is 9.80 Å². The van der Waals surface area contributed by atoms with Crippen molar-refractivity contribution in [2.45, 2.75) is 51.3 Å². The lowest BCUT2D eigenvalue weighted by Gasteiger charge is -2.34. The van der Waals surface area contributed by atoms with Gasteiger partial charge >= 0.3 is 0 Å². The van der Waals surface area contributed by atoms with E-state index in [0.29, 0.717) is 11.1 Å². The first-order valence-corrected chi connectivity index (χ1v) is 15.5. The number of anilines is 2. The van der Waals surface area contributed by atoms with Crippen molar-refractivity contribution >= 4 is 44.0 Å². The number of hydrogen-bond acceptors (Lipinski definition) is 5. The van der Waals surface area contributed by atoms with Crippen LogP contribution in [-0.4, -0.2) is 55.4 Å². The maximum absolute atomic E-state index is 12.7. The molecule has 3 aliphatic heterocycles. The molecule has 8 heteroatoms. The number of carbonyl (C=O) groups is 1. The Bertz CT molecular complexity index is 1230. The summed E-state index contributed by atoms with van der Waals surface area (Å²) >= 11 is 1.43. The summed E-state index contributed by atoms with van der Waals surface area (Å²) in [7, 11) is -3.09. The van der Waals surface area contributed by atoms with E-state index in [1.165, 1.54) is 35.9 Å². The average Bonchev–Trinajstić information content (AvgIpc) is 3.30. The van der Waals surface area contributed by atoms with Gasteiger partial charge in [-0.3, -0.25) is 4.79 Å². The van der Waals surface area contributed by atoms with Crippen LogP contribution in [0.5, 0.6) is 0 Å². The summed E-state index contributed by atoms with van der Waals surface area (Å²) in [5.41, 5.74) is 2.91.